The molecule has 0 fully saturated rings. The summed E-state index contributed by atoms with van der Waals surface area (Å²) in [7, 11) is 6.18. The summed E-state index contributed by atoms with van der Waals surface area (Å²) in [5.74, 6) is 1.51. The smallest absolute Gasteiger partial charge is 0.128 e. The minimum Gasteiger partial charge on any atom is -0.358 e. The molecular weight excluding hydrogens is 210 g/mol. The standard InChI is InChI=1S/C11H18ClN3/c1-14(2)6-7-15(3)11-5-4-10(8-12)9-13-11/h4-5,9H,6-8H2,1-3H3. The van der Waals surface area contributed by atoms with Crippen LogP contribution in [0.3, 0.4) is 0 Å². The van der Waals surface area contributed by atoms with Gasteiger partial charge in [0, 0.05) is 32.2 Å². The van der Waals surface area contributed by atoms with Crippen molar-refractivity contribution in [3.63, 3.8) is 0 Å². The summed E-state index contributed by atoms with van der Waals surface area (Å²) in [6, 6.07) is 4.02. The number of rotatable bonds is 5. The van der Waals surface area contributed by atoms with Crippen LogP contribution in [0, 0.1) is 0 Å². The highest BCUT2D eigenvalue weighted by molar-refractivity contribution is 6.17. The number of halogens is 1. The van der Waals surface area contributed by atoms with Gasteiger partial charge in [-0.1, -0.05) is 6.07 Å². The maximum atomic E-state index is 5.70. The van der Waals surface area contributed by atoms with Crippen molar-refractivity contribution in [1.82, 2.24) is 9.88 Å². The van der Waals surface area contributed by atoms with Gasteiger partial charge in [-0.05, 0) is 25.7 Å². The molecule has 0 atom stereocenters. The van der Waals surface area contributed by atoms with Gasteiger partial charge in [-0.2, -0.15) is 0 Å². The van der Waals surface area contributed by atoms with Crippen molar-refractivity contribution >= 4 is 17.4 Å². The molecule has 0 N–H and O–H groups in total. The van der Waals surface area contributed by atoms with Gasteiger partial charge in [0.25, 0.3) is 0 Å². The maximum absolute atomic E-state index is 5.70. The molecule has 0 spiro atoms. The third kappa shape index (κ3) is 4.06. The van der Waals surface area contributed by atoms with Crippen LogP contribution in [0.5, 0.6) is 0 Å². The van der Waals surface area contributed by atoms with Crippen molar-refractivity contribution in [2.24, 2.45) is 0 Å². The maximum Gasteiger partial charge on any atom is 0.128 e. The van der Waals surface area contributed by atoms with E-state index in [4.69, 9.17) is 11.6 Å². The summed E-state index contributed by atoms with van der Waals surface area (Å²) in [5, 5.41) is 0. The summed E-state index contributed by atoms with van der Waals surface area (Å²) in [6.45, 7) is 2.00. The molecule has 0 unspecified atom stereocenters. The molecular formula is C11H18ClN3. The first-order valence-electron chi connectivity index (χ1n) is 5.00. The zero-order chi connectivity index (χ0) is 11.3. The Bertz CT molecular complexity index is 284. The number of hydrogen-bond acceptors (Lipinski definition) is 3. The molecule has 3 nitrogen and oxygen atoms in total. The van der Waals surface area contributed by atoms with E-state index in [0.29, 0.717) is 5.88 Å². The lowest BCUT2D eigenvalue weighted by molar-refractivity contribution is 0.416. The molecule has 0 aromatic carbocycles. The number of aromatic nitrogens is 1. The first kappa shape index (κ1) is 12.3. The van der Waals surface area contributed by atoms with Gasteiger partial charge in [-0.15, -0.1) is 11.6 Å². The lowest BCUT2D eigenvalue weighted by Crippen LogP contribution is -2.28. The van der Waals surface area contributed by atoms with E-state index < -0.39 is 0 Å². The Morgan fingerprint density at radius 2 is 1.93 bits per heavy atom. The van der Waals surface area contributed by atoms with E-state index in [-0.39, 0.29) is 0 Å². The van der Waals surface area contributed by atoms with Gasteiger partial charge in [0.05, 0.1) is 0 Å². The highest BCUT2D eigenvalue weighted by atomic mass is 35.5. The molecule has 0 saturated carbocycles. The molecule has 0 radical (unpaired) electrons. The van der Waals surface area contributed by atoms with E-state index in [0.717, 1.165) is 24.5 Å². The summed E-state index contributed by atoms with van der Waals surface area (Å²) in [6.07, 6.45) is 1.83. The van der Waals surface area contributed by atoms with Crippen LogP contribution in [-0.2, 0) is 5.88 Å². The van der Waals surface area contributed by atoms with Crippen LogP contribution in [0.2, 0.25) is 0 Å². The average molecular weight is 228 g/mol. The minimum atomic E-state index is 0.523. The van der Waals surface area contributed by atoms with Gasteiger partial charge in [0.15, 0.2) is 0 Å². The molecule has 1 heterocycles. The molecule has 15 heavy (non-hydrogen) atoms. The van der Waals surface area contributed by atoms with E-state index in [2.05, 4.69) is 28.9 Å². The Labute approximate surface area is 96.7 Å². The SMILES string of the molecule is CN(C)CCN(C)c1ccc(CCl)cn1. The van der Waals surface area contributed by atoms with Crippen molar-refractivity contribution in [2.45, 2.75) is 5.88 Å². The van der Waals surface area contributed by atoms with Gasteiger partial charge in [0.2, 0.25) is 0 Å². The van der Waals surface area contributed by atoms with E-state index in [1.165, 1.54) is 0 Å². The Hall–Kier alpha value is -0.800. The number of alkyl halides is 1. The molecule has 1 aromatic heterocycles. The predicted octanol–water partition coefficient (Wildman–Crippen LogP) is 1.82. The summed E-state index contributed by atoms with van der Waals surface area (Å²) < 4.78 is 0. The van der Waals surface area contributed by atoms with E-state index in [1.807, 2.05) is 25.4 Å². The van der Waals surface area contributed by atoms with Gasteiger partial charge >= 0.3 is 0 Å². The van der Waals surface area contributed by atoms with Crippen LogP contribution in [0.15, 0.2) is 18.3 Å². The number of hydrogen-bond donors (Lipinski definition) is 0. The van der Waals surface area contributed by atoms with Gasteiger partial charge in [-0.3, -0.25) is 0 Å². The van der Waals surface area contributed by atoms with Crippen molar-refractivity contribution in [1.29, 1.82) is 0 Å². The van der Waals surface area contributed by atoms with Crippen LogP contribution in [-0.4, -0.2) is 44.1 Å². The van der Waals surface area contributed by atoms with Crippen molar-refractivity contribution in [2.75, 3.05) is 39.1 Å². The first-order valence-corrected chi connectivity index (χ1v) is 5.53. The molecule has 0 saturated heterocycles. The highest BCUT2D eigenvalue weighted by Crippen LogP contribution is 2.10. The fraction of sp³-hybridized carbons (Fsp3) is 0.545. The number of pyridine rings is 1. The third-order valence-corrected chi connectivity index (χ3v) is 2.55. The molecule has 0 aliphatic rings. The normalized spacial score (nSPS) is 10.7. The van der Waals surface area contributed by atoms with Crippen molar-refractivity contribution in [3.05, 3.63) is 23.9 Å². The lowest BCUT2D eigenvalue weighted by Gasteiger charge is -2.20. The van der Waals surface area contributed by atoms with E-state index >= 15 is 0 Å². The van der Waals surface area contributed by atoms with E-state index in [9.17, 15) is 0 Å². The molecule has 1 aromatic rings. The van der Waals surface area contributed by atoms with E-state index in [1.54, 1.807) is 0 Å². The fourth-order valence-electron chi connectivity index (χ4n) is 1.19. The van der Waals surface area contributed by atoms with Crippen LogP contribution in [0.1, 0.15) is 5.56 Å². The van der Waals surface area contributed by atoms with Gasteiger partial charge in [-0.25, -0.2) is 4.98 Å². The monoisotopic (exact) mass is 227 g/mol. The van der Waals surface area contributed by atoms with Crippen LogP contribution in [0.4, 0.5) is 5.82 Å². The summed E-state index contributed by atoms with van der Waals surface area (Å²) in [4.78, 5) is 8.64. The fourth-order valence-corrected chi connectivity index (χ4v) is 1.34. The molecule has 0 amide bonds. The molecule has 0 aliphatic heterocycles. The van der Waals surface area contributed by atoms with Crippen LogP contribution >= 0.6 is 11.6 Å². The predicted molar refractivity (Wildman–Crippen MR) is 65.6 cm³/mol. The second-order valence-corrected chi connectivity index (χ2v) is 4.15. The highest BCUT2D eigenvalue weighted by Gasteiger charge is 2.02. The Balaban J connectivity index is 2.54. The zero-order valence-corrected chi connectivity index (χ0v) is 10.3. The molecule has 0 bridgehead atoms. The summed E-state index contributed by atoms with van der Waals surface area (Å²) in [5.41, 5.74) is 1.06. The van der Waals surface area contributed by atoms with Crippen molar-refractivity contribution in [3.8, 4) is 0 Å². The first-order chi connectivity index (χ1) is 7.13. The topological polar surface area (TPSA) is 19.4 Å². The largest absolute Gasteiger partial charge is 0.358 e. The van der Waals surface area contributed by atoms with Gasteiger partial charge < -0.3 is 9.80 Å². The molecule has 1 rings (SSSR count). The quantitative estimate of drug-likeness (QED) is 0.716. The number of likely N-dealkylation sites (N-methyl/N-ethyl adjacent to an activating group) is 2. The zero-order valence-electron chi connectivity index (χ0n) is 9.57. The average Bonchev–Trinajstić information content (AvgIpc) is 2.26. The number of anilines is 1. The second kappa shape index (κ2) is 5.93. The lowest BCUT2D eigenvalue weighted by atomic mass is 10.3. The second-order valence-electron chi connectivity index (χ2n) is 3.88. The van der Waals surface area contributed by atoms with Crippen LogP contribution in [0.25, 0.3) is 0 Å². The van der Waals surface area contributed by atoms with Gasteiger partial charge in [0.1, 0.15) is 5.82 Å². The van der Waals surface area contributed by atoms with Crippen LogP contribution < -0.4 is 4.90 Å². The third-order valence-electron chi connectivity index (χ3n) is 2.24. The number of nitrogens with zero attached hydrogens (tertiary/aromatic N) is 3. The Morgan fingerprint density at radius 1 is 1.20 bits per heavy atom. The van der Waals surface area contributed by atoms with Crippen molar-refractivity contribution < 1.29 is 0 Å². The minimum absolute atomic E-state index is 0.523. The Kier molecular flexibility index (Phi) is 4.85. The molecule has 4 heteroatoms. The molecule has 0 aliphatic carbocycles. The molecule has 84 valence electrons. The summed E-state index contributed by atoms with van der Waals surface area (Å²) >= 11 is 5.70. The Morgan fingerprint density at radius 3 is 2.40 bits per heavy atom.